The van der Waals surface area contributed by atoms with E-state index in [0.29, 0.717) is 40.6 Å². The minimum atomic E-state index is -0.659. The topological polar surface area (TPSA) is 44.8 Å². The quantitative estimate of drug-likeness (QED) is 0.585. The first-order valence-corrected chi connectivity index (χ1v) is 10.4. The van der Waals surface area contributed by atoms with Crippen LogP contribution < -0.4 is 4.74 Å². The fraction of sp³-hybridized carbons (Fsp3) is 0.667. The van der Waals surface area contributed by atoms with Crippen LogP contribution in [0.15, 0.2) is 6.07 Å². The number of carbonyl (C=O) groups excluding carboxylic acids is 1. The molecule has 1 aliphatic heterocycles. The first-order chi connectivity index (χ1) is 12.7. The lowest BCUT2D eigenvalue weighted by Gasteiger charge is -2.31. The number of ether oxygens (including phenoxy) is 3. The van der Waals surface area contributed by atoms with Crippen molar-refractivity contribution in [2.24, 2.45) is 5.41 Å². The fourth-order valence-electron chi connectivity index (χ4n) is 4.49. The maximum atomic E-state index is 13.5. The van der Waals surface area contributed by atoms with Crippen molar-refractivity contribution in [1.82, 2.24) is 0 Å². The molecule has 1 fully saturated rings. The third-order valence-electron chi connectivity index (χ3n) is 6.03. The van der Waals surface area contributed by atoms with Gasteiger partial charge in [-0.2, -0.15) is 0 Å². The molecular formula is C21H28Cl2O4. The van der Waals surface area contributed by atoms with Gasteiger partial charge < -0.3 is 14.2 Å². The minimum Gasteiger partial charge on any atom is -0.495 e. The van der Waals surface area contributed by atoms with Crippen molar-refractivity contribution in [3.63, 3.8) is 0 Å². The van der Waals surface area contributed by atoms with Crippen LogP contribution in [0.4, 0.5) is 0 Å². The lowest BCUT2D eigenvalue weighted by molar-refractivity contribution is -0.167. The summed E-state index contributed by atoms with van der Waals surface area (Å²) in [6.07, 6.45) is 3.77. The highest BCUT2D eigenvalue weighted by Gasteiger charge is 2.49. The molecular weight excluding hydrogens is 387 g/mol. The minimum absolute atomic E-state index is 0.0473. The van der Waals surface area contributed by atoms with Gasteiger partial charge in [0.25, 0.3) is 0 Å². The number of rotatable bonds is 6. The number of carbonyl (C=O) groups is 1. The molecule has 2 aliphatic rings. The van der Waals surface area contributed by atoms with E-state index >= 15 is 0 Å². The van der Waals surface area contributed by atoms with Crippen molar-refractivity contribution in [2.75, 3.05) is 7.11 Å². The lowest BCUT2D eigenvalue weighted by Crippen LogP contribution is -2.34. The van der Waals surface area contributed by atoms with Crippen molar-refractivity contribution in [1.29, 1.82) is 0 Å². The lowest BCUT2D eigenvalue weighted by atomic mass is 9.75. The molecule has 1 unspecified atom stereocenters. The number of hydrogen-bond donors (Lipinski definition) is 0. The van der Waals surface area contributed by atoms with Gasteiger partial charge in [0.15, 0.2) is 11.6 Å². The Morgan fingerprint density at radius 2 is 1.78 bits per heavy atom. The van der Waals surface area contributed by atoms with E-state index in [4.69, 9.17) is 37.4 Å². The zero-order valence-electron chi connectivity index (χ0n) is 16.7. The molecule has 1 aliphatic carbocycles. The van der Waals surface area contributed by atoms with E-state index in [-0.39, 0.29) is 18.0 Å². The van der Waals surface area contributed by atoms with Gasteiger partial charge in [-0.15, -0.1) is 0 Å². The van der Waals surface area contributed by atoms with Gasteiger partial charge in [-0.05, 0) is 51.7 Å². The van der Waals surface area contributed by atoms with E-state index in [0.717, 1.165) is 18.4 Å². The maximum Gasteiger partial charge on any atom is 0.171 e. The standard InChI is InChI=1S/C21H28Cl2O4/c1-6-7-21(9-8-20(4)26-12(2)13(3)27-20)11-14-10-15(25-5)17(22)18(23)16(14)19(21)24/h10,12-13H,6-9,11H2,1-5H3/t12-,13-,21?/m1/s1. The second-order valence-corrected chi connectivity index (χ2v) is 8.81. The van der Waals surface area contributed by atoms with Crippen molar-refractivity contribution < 1.29 is 19.0 Å². The van der Waals surface area contributed by atoms with Crippen molar-refractivity contribution in [3.05, 3.63) is 27.2 Å². The molecule has 1 heterocycles. The Balaban J connectivity index is 1.89. The number of fused-ring (bicyclic) bond motifs is 1. The Hall–Kier alpha value is -0.810. The summed E-state index contributed by atoms with van der Waals surface area (Å²) < 4.78 is 17.4. The van der Waals surface area contributed by atoms with E-state index < -0.39 is 11.2 Å². The molecule has 3 rings (SSSR count). The highest BCUT2D eigenvalue weighted by atomic mass is 35.5. The number of ketones is 1. The molecule has 4 nitrogen and oxygen atoms in total. The largest absolute Gasteiger partial charge is 0.495 e. The van der Waals surface area contributed by atoms with Gasteiger partial charge in [0.1, 0.15) is 10.8 Å². The molecule has 0 spiro atoms. The molecule has 3 atom stereocenters. The first kappa shape index (κ1) is 20.9. The van der Waals surface area contributed by atoms with Crippen LogP contribution in [0.1, 0.15) is 69.3 Å². The average Bonchev–Trinajstić information content (AvgIpc) is 3.03. The molecule has 27 heavy (non-hydrogen) atoms. The Labute approximate surface area is 171 Å². The van der Waals surface area contributed by atoms with Crippen molar-refractivity contribution >= 4 is 29.0 Å². The summed E-state index contributed by atoms with van der Waals surface area (Å²) in [5, 5.41) is 0.603. The molecule has 1 saturated heterocycles. The summed E-state index contributed by atoms with van der Waals surface area (Å²) in [7, 11) is 1.55. The van der Waals surface area contributed by atoms with Crippen LogP contribution in [0.3, 0.4) is 0 Å². The van der Waals surface area contributed by atoms with Crippen LogP contribution in [-0.2, 0) is 15.9 Å². The molecule has 0 N–H and O–H groups in total. The van der Waals surface area contributed by atoms with Gasteiger partial charge in [-0.1, -0.05) is 36.5 Å². The van der Waals surface area contributed by atoms with Crippen LogP contribution >= 0.6 is 23.2 Å². The number of Topliss-reactive ketones (excluding diaryl/α,β-unsaturated/α-hetero) is 1. The predicted molar refractivity (Wildman–Crippen MR) is 107 cm³/mol. The molecule has 150 valence electrons. The van der Waals surface area contributed by atoms with Crippen LogP contribution in [0.2, 0.25) is 10.0 Å². The summed E-state index contributed by atoms with van der Waals surface area (Å²) in [4.78, 5) is 13.5. The van der Waals surface area contributed by atoms with Gasteiger partial charge in [-0.3, -0.25) is 4.79 Å². The summed E-state index contributed by atoms with van der Waals surface area (Å²) in [5.41, 5.74) is 0.970. The van der Waals surface area contributed by atoms with Gasteiger partial charge >= 0.3 is 0 Å². The SMILES string of the molecule is CCCC1(CCC2(C)O[C@H](C)[C@@H](C)O2)Cc2cc(OC)c(Cl)c(Cl)c2C1=O. The summed E-state index contributed by atoms with van der Waals surface area (Å²) >= 11 is 12.8. The Morgan fingerprint density at radius 1 is 1.15 bits per heavy atom. The Kier molecular flexibility index (Phi) is 5.85. The molecule has 0 bridgehead atoms. The number of methoxy groups -OCH3 is 1. The summed E-state index contributed by atoms with van der Waals surface area (Å²) in [6.45, 7) is 8.10. The molecule has 0 radical (unpaired) electrons. The van der Waals surface area contributed by atoms with E-state index in [1.54, 1.807) is 7.11 Å². The van der Waals surface area contributed by atoms with Gasteiger partial charge in [0, 0.05) is 17.4 Å². The van der Waals surface area contributed by atoms with E-state index in [1.165, 1.54) is 0 Å². The Bertz CT molecular complexity index is 738. The van der Waals surface area contributed by atoms with Crippen LogP contribution in [0.5, 0.6) is 5.75 Å². The zero-order valence-corrected chi connectivity index (χ0v) is 18.2. The molecule has 6 heteroatoms. The first-order valence-electron chi connectivity index (χ1n) is 9.61. The number of halogens is 2. The third-order valence-corrected chi connectivity index (χ3v) is 6.88. The van der Waals surface area contributed by atoms with Crippen LogP contribution in [0, 0.1) is 5.41 Å². The zero-order chi connectivity index (χ0) is 20.0. The van der Waals surface area contributed by atoms with Crippen molar-refractivity contribution in [3.8, 4) is 5.75 Å². The van der Waals surface area contributed by atoms with Gasteiger partial charge in [0.2, 0.25) is 0 Å². The molecule has 0 amide bonds. The molecule has 0 aromatic heterocycles. The molecule has 1 aromatic carbocycles. The number of hydrogen-bond acceptors (Lipinski definition) is 4. The highest BCUT2D eigenvalue weighted by Crippen LogP contribution is 2.51. The maximum absolute atomic E-state index is 13.5. The Morgan fingerprint density at radius 3 is 2.33 bits per heavy atom. The highest BCUT2D eigenvalue weighted by molar-refractivity contribution is 6.45. The van der Waals surface area contributed by atoms with Crippen LogP contribution in [-0.4, -0.2) is 30.9 Å². The van der Waals surface area contributed by atoms with E-state index in [9.17, 15) is 4.79 Å². The summed E-state index contributed by atoms with van der Waals surface area (Å²) in [6, 6.07) is 1.85. The van der Waals surface area contributed by atoms with Gasteiger partial charge in [0.05, 0.1) is 24.3 Å². The van der Waals surface area contributed by atoms with Gasteiger partial charge in [-0.25, -0.2) is 0 Å². The fourth-order valence-corrected chi connectivity index (χ4v) is 5.02. The van der Waals surface area contributed by atoms with Crippen molar-refractivity contribution in [2.45, 2.75) is 77.8 Å². The molecule has 0 saturated carbocycles. The third kappa shape index (κ3) is 3.62. The summed E-state index contributed by atoms with van der Waals surface area (Å²) in [5.74, 6) is -0.0671. The second kappa shape index (κ2) is 7.55. The smallest absolute Gasteiger partial charge is 0.171 e. The molecule has 1 aromatic rings. The predicted octanol–water partition coefficient (Wildman–Crippen LogP) is 5.85. The second-order valence-electron chi connectivity index (χ2n) is 8.06. The van der Waals surface area contributed by atoms with E-state index in [1.807, 2.05) is 26.8 Å². The number of benzene rings is 1. The normalized spacial score (nSPS) is 29.2. The van der Waals surface area contributed by atoms with Crippen LogP contribution in [0.25, 0.3) is 0 Å². The monoisotopic (exact) mass is 414 g/mol. The average molecular weight is 415 g/mol. The van der Waals surface area contributed by atoms with E-state index in [2.05, 4.69) is 6.92 Å².